The van der Waals surface area contributed by atoms with E-state index < -0.39 is 5.60 Å². The van der Waals surface area contributed by atoms with E-state index >= 15 is 0 Å². The Morgan fingerprint density at radius 3 is 2.79 bits per heavy atom. The number of rotatable bonds is 4. The Morgan fingerprint density at radius 2 is 2.21 bits per heavy atom. The number of carbonyl (C=O) groups is 2. The topological polar surface area (TPSA) is 75.0 Å². The van der Waals surface area contributed by atoms with Gasteiger partial charge in [-0.3, -0.25) is 0 Å². The summed E-state index contributed by atoms with van der Waals surface area (Å²) in [5.41, 5.74) is 0.441. The summed E-state index contributed by atoms with van der Waals surface area (Å²) in [5.74, 6) is 0. The number of carbonyl (C=O) groups excluding carboxylic acids is 2. The smallest absolute Gasteiger partial charge is 0.410 e. The van der Waals surface area contributed by atoms with Gasteiger partial charge in [-0.1, -0.05) is 0 Å². The average Bonchev–Trinajstić information content (AvgIpc) is 3.14. The Bertz CT molecular complexity index is 551. The lowest BCUT2D eigenvalue weighted by Gasteiger charge is -2.25. The van der Waals surface area contributed by atoms with Crippen molar-refractivity contribution in [2.75, 3.05) is 19.6 Å². The zero-order valence-corrected chi connectivity index (χ0v) is 14.9. The van der Waals surface area contributed by atoms with Gasteiger partial charge in [0.05, 0.1) is 19.1 Å². The first kappa shape index (κ1) is 18.2. The van der Waals surface area contributed by atoms with Crippen molar-refractivity contribution in [1.29, 1.82) is 0 Å². The summed E-state index contributed by atoms with van der Waals surface area (Å²) in [5, 5.41) is 3.00. The molecule has 2 heterocycles. The van der Waals surface area contributed by atoms with Crippen LogP contribution in [-0.4, -0.2) is 53.2 Å². The molecule has 1 atom stereocenters. The Morgan fingerprint density at radius 1 is 1.46 bits per heavy atom. The van der Waals surface area contributed by atoms with Crippen molar-refractivity contribution in [3.05, 3.63) is 24.2 Å². The molecule has 0 radical (unpaired) electrons. The fourth-order valence-corrected chi connectivity index (χ4v) is 2.57. The van der Waals surface area contributed by atoms with Crippen molar-refractivity contribution in [2.24, 2.45) is 0 Å². The van der Waals surface area contributed by atoms with Crippen LogP contribution in [0, 0.1) is 0 Å². The largest absolute Gasteiger partial charge is 0.472 e. The van der Waals surface area contributed by atoms with Gasteiger partial charge in [0.25, 0.3) is 0 Å². The predicted octanol–water partition coefficient (Wildman–Crippen LogP) is 2.82. The van der Waals surface area contributed by atoms with Gasteiger partial charge in [-0.2, -0.15) is 0 Å². The molecule has 3 amide bonds. The third-order valence-electron chi connectivity index (χ3n) is 3.79. The molecule has 1 aliphatic rings. The fourth-order valence-electron chi connectivity index (χ4n) is 2.57. The lowest BCUT2D eigenvalue weighted by atomic mass is 10.2. The molecule has 134 valence electrons. The molecule has 7 heteroatoms. The SMILES string of the molecule is CCN(Cc1ccoc1)C(=O)N[C@H]1CCN(C(=O)OC(C)(C)C)C1. The highest BCUT2D eigenvalue weighted by atomic mass is 16.6. The zero-order valence-electron chi connectivity index (χ0n) is 14.9. The molecule has 0 aliphatic carbocycles. The number of amides is 3. The van der Waals surface area contributed by atoms with E-state index in [2.05, 4.69) is 5.32 Å². The molecular weight excluding hydrogens is 310 g/mol. The van der Waals surface area contributed by atoms with E-state index in [0.717, 1.165) is 12.0 Å². The lowest BCUT2D eigenvalue weighted by molar-refractivity contribution is 0.0291. The first-order valence-corrected chi connectivity index (χ1v) is 8.33. The van der Waals surface area contributed by atoms with Crippen LogP contribution in [0.15, 0.2) is 23.0 Å². The summed E-state index contributed by atoms with van der Waals surface area (Å²) < 4.78 is 10.4. The number of hydrogen-bond acceptors (Lipinski definition) is 4. The minimum atomic E-state index is -0.512. The van der Waals surface area contributed by atoms with E-state index in [4.69, 9.17) is 9.15 Å². The van der Waals surface area contributed by atoms with Gasteiger partial charge in [-0.15, -0.1) is 0 Å². The van der Waals surface area contributed by atoms with Crippen molar-refractivity contribution in [3.63, 3.8) is 0 Å². The molecule has 24 heavy (non-hydrogen) atoms. The van der Waals surface area contributed by atoms with Crippen LogP contribution in [0.1, 0.15) is 39.7 Å². The molecular formula is C17H27N3O4. The highest BCUT2D eigenvalue weighted by Gasteiger charge is 2.31. The molecule has 0 saturated carbocycles. The van der Waals surface area contributed by atoms with Gasteiger partial charge in [-0.25, -0.2) is 9.59 Å². The maximum absolute atomic E-state index is 12.4. The maximum atomic E-state index is 12.4. The first-order chi connectivity index (χ1) is 11.3. The Kier molecular flexibility index (Phi) is 5.75. The summed E-state index contributed by atoms with van der Waals surface area (Å²) in [6, 6.07) is 1.66. The number of furan rings is 1. The number of nitrogens with one attached hydrogen (secondary N) is 1. The standard InChI is InChI=1S/C17H27N3O4/c1-5-19(10-13-7-9-23-12-13)15(21)18-14-6-8-20(11-14)16(22)24-17(2,3)4/h7,9,12,14H,5-6,8,10-11H2,1-4H3,(H,18,21)/t14-/m0/s1. The van der Waals surface area contributed by atoms with Gasteiger partial charge in [-0.05, 0) is 40.2 Å². The second kappa shape index (κ2) is 7.59. The Hall–Kier alpha value is -2.18. The third kappa shape index (κ3) is 5.18. The van der Waals surface area contributed by atoms with Gasteiger partial charge in [0.15, 0.2) is 0 Å². The summed E-state index contributed by atoms with van der Waals surface area (Å²) in [7, 11) is 0. The van der Waals surface area contributed by atoms with Crippen molar-refractivity contribution in [3.8, 4) is 0 Å². The molecule has 1 saturated heterocycles. The van der Waals surface area contributed by atoms with Crippen LogP contribution in [0.5, 0.6) is 0 Å². The monoisotopic (exact) mass is 337 g/mol. The third-order valence-corrected chi connectivity index (χ3v) is 3.79. The number of urea groups is 1. The molecule has 1 aromatic rings. The van der Waals surface area contributed by atoms with Crippen molar-refractivity contribution in [2.45, 2.75) is 52.3 Å². The van der Waals surface area contributed by atoms with E-state index in [0.29, 0.717) is 26.2 Å². The van der Waals surface area contributed by atoms with Crippen LogP contribution in [0.2, 0.25) is 0 Å². The van der Waals surface area contributed by atoms with E-state index in [-0.39, 0.29) is 18.2 Å². The molecule has 1 N–H and O–H groups in total. The number of nitrogens with zero attached hydrogens (tertiary/aromatic N) is 2. The van der Waals surface area contributed by atoms with Crippen molar-refractivity contribution >= 4 is 12.1 Å². The summed E-state index contributed by atoms with van der Waals surface area (Å²) in [4.78, 5) is 27.8. The maximum Gasteiger partial charge on any atom is 0.410 e. The minimum absolute atomic E-state index is 0.0524. The van der Waals surface area contributed by atoms with Crippen LogP contribution in [-0.2, 0) is 11.3 Å². The van der Waals surface area contributed by atoms with E-state index in [9.17, 15) is 9.59 Å². The van der Waals surface area contributed by atoms with Gasteiger partial charge in [0.2, 0.25) is 0 Å². The van der Waals surface area contributed by atoms with Crippen LogP contribution in [0.25, 0.3) is 0 Å². The fraction of sp³-hybridized carbons (Fsp3) is 0.647. The highest BCUT2D eigenvalue weighted by Crippen LogP contribution is 2.16. The molecule has 0 aromatic carbocycles. The molecule has 2 rings (SSSR count). The van der Waals surface area contributed by atoms with Gasteiger partial charge in [0, 0.05) is 31.2 Å². The minimum Gasteiger partial charge on any atom is -0.472 e. The lowest BCUT2D eigenvalue weighted by Crippen LogP contribution is -2.46. The van der Waals surface area contributed by atoms with Crippen molar-refractivity contribution < 1.29 is 18.7 Å². The second-order valence-electron chi connectivity index (χ2n) is 7.01. The van der Waals surface area contributed by atoms with Crippen molar-refractivity contribution in [1.82, 2.24) is 15.1 Å². The molecule has 1 aromatic heterocycles. The first-order valence-electron chi connectivity index (χ1n) is 8.33. The molecule has 1 aliphatic heterocycles. The van der Waals surface area contributed by atoms with Gasteiger partial charge < -0.3 is 24.3 Å². The van der Waals surface area contributed by atoms with Gasteiger partial charge in [0.1, 0.15) is 5.60 Å². The normalized spacial score (nSPS) is 17.7. The van der Waals surface area contributed by atoms with Crippen LogP contribution in [0.4, 0.5) is 9.59 Å². The van der Waals surface area contributed by atoms with Crippen LogP contribution in [0.3, 0.4) is 0 Å². The number of hydrogen-bond donors (Lipinski definition) is 1. The molecule has 1 fully saturated rings. The Labute approximate surface area is 142 Å². The second-order valence-corrected chi connectivity index (χ2v) is 7.01. The van der Waals surface area contributed by atoms with Crippen LogP contribution >= 0.6 is 0 Å². The van der Waals surface area contributed by atoms with Gasteiger partial charge >= 0.3 is 12.1 Å². The van der Waals surface area contributed by atoms with Crippen LogP contribution < -0.4 is 5.32 Å². The molecule has 7 nitrogen and oxygen atoms in total. The molecule has 0 bridgehead atoms. The zero-order chi connectivity index (χ0) is 17.7. The molecule has 0 unspecified atom stereocenters. The van der Waals surface area contributed by atoms with E-state index in [1.54, 1.807) is 22.3 Å². The summed E-state index contributed by atoms with van der Waals surface area (Å²) >= 11 is 0. The Balaban J connectivity index is 1.83. The summed E-state index contributed by atoms with van der Waals surface area (Å²) in [6.07, 6.45) is 3.63. The average molecular weight is 337 g/mol. The van der Waals surface area contributed by atoms with E-state index in [1.165, 1.54) is 0 Å². The summed E-state index contributed by atoms with van der Waals surface area (Å²) in [6.45, 7) is 9.62. The molecule has 0 spiro atoms. The number of likely N-dealkylation sites (tertiary alicyclic amines) is 1. The number of ether oxygens (including phenoxy) is 1. The van der Waals surface area contributed by atoms with E-state index in [1.807, 2.05) is 33.8 Å². The highest BCUT2D eigenvalue weighted by molar-refractivity contribution is 5.75. The quantitative estimate of drug-likeness (QED) is 0.917. The predicted molar refractivity (Wildman–Crippen MR) is 89.5 cm³/mol.